The number of nitrogens with zero attached hydrogens (tertiary/aromatic N) is 1. The fraction of sp³-hybridized carbons (Fsp3) is 0.300. The van der Waals surface area contributed by atoms with Gasteiger partial charge in [0.2, 0.25) is 0 Å². The number of nitrogens with two attached hydrogens (primary N) is 1. The molecule has 0 saturated carbocycles. The molecule has 0 atom stereocenters. The van der Waals surface area contributed by atoms with Crippen molar-refractivity contribution in [3.05, 3.63) is 27.8 Å². The number of carbonyl (C=O) groups excluding carboxylic acids is 1. The normalized spacial score (nSPS) is 9.76. The lowest BCUT2D eigenvalue weighted by Gasteiger charge is -2.09. The highest BCUT2D eigenvalue weighted by atomic mass is 16.6. The van der Waals surface area contributed by atoms with Gasteiger partial charge in [-0.2, -0.15) is 0 Å². The predicted octanol–water partition coefficient (Wildman–Crippen LogP) is 0.901. The van der Waals surface area contributed by atoms with Crippen molar-refractivity contribution in [2.24, 2.45) is 0 Å². The fourth-order valence-corrected chi connectivity index (χ4v) is 1.43. The van der Waals surface area contributed by atoms with Gasteiger partial charge in [0.15, 0.2) is 0 Å². The molecule has 0 aliphatic heterocycles. The molecule has 0 aliphatic rings. The van der Waals surface area contributed by atoms with Crippen LogP contribution in [0.5, 0.6) is 5.75 Å². The zero-order valence-corrected chi connectivity index (χ0v) is 9.43. The van der Waals surface area contributed by atoms with Gasteiger partial charge in [0.05, 0.1) is 31.1 Å². The maximum absolute atomic E-state index is 11.2. The molecular formula is C10H12N2O5. The number of carbonyl (C=O) groups is 1. The minimum absolute atomic E-state index is 0.0188. The van der Waals surface area contributed by atoms with Gasteiger partial charge in [-0.15, -0.1) is 0 Å². The van der Waals surface area contributed by atoms with E-state index in [1.807, 2.05) is 0 Å². The molecule has 0 bridgehead atoms. The van der Waals surface area contributed by atoms with Gasteiger partial charge in [-0.05, 0) is 12.1 Å². The molecule has 0 amide bonds. The standard InChI is InChI=1S/C10H12N2O5/c1-16-8-4-3-7(11)10(12(14)15)6(8)5-9(13)17-2/h3-4H,5,11H2,1-2H3. The van der Waals surface area contributed by atoms with Crippen LogP contribution in [0.4, 0.5) is 11.4 Å². The van der Waals surface area contributed by atoms with E-state index in [9.17, 15) is 14.9 Å². The van der Waals surface area contributed by atoms with Gasteiger partial charge in [-0.3, -0.25) is 14.9 Å². The number of hydrogen-bond acceptors (Lipinski definition) is 6. The third-order valence-electron chi connectivity index (χ3n) is 2.22. The van der Waals surface area contributed by atoms with E-state index in [1.165, 1.54) is 26.4 Å². The van der Waals surface area contributed by atoms with E-state index >= 15 is 0 Å². The highest BCUT2D eigenvalue weighted by Crippen LogP contribution is 2.34. The Hall–Kier alpha value is -2.31. The van der Waals surface area contributed by atoms with Gasteiger partial charge in [0, 0.05) is 0 Å². The molecule has 17 heavy (non-hydrogen) atoms. The van der Waals surface area contributed by atoms with Crippen LogP contribution in [0, 0.1) is 10.1 Å². The molecule has 92 valence electrons. The Morgan fingerprint density at radius 3 is 2.59 bits per heavy atom. The largest absolute Gasteiger partial charge is 0.496 e. The highest BCUT2D eigenvalue weighted by molar-refractivity contribution is 5.78. The van der Waals surface area contributed by atoms with E-state index in [-0.39, 0.29) is 29.1 Å². The second-order valence-corrected chi connectivity index (χ2v) is 3.19. The summed E-state index contributed by atoms with van der Waals surface area (Å²) in [5.41, 5.74) is 5.29. The fourth-order valence-electron chi connectivity index (χ4n) is 1.43. The number of ether oxygens (including phenoxy) is 2. The van der Waals surface area contributed by atoms with Crippen LogP contribution in [0.1, 0.15) is 5.56 Å². The number of anilines is 1. The number of nitro benzene ring substituents is 1. The third-order valence-corrected chi connectivity index (χ3v) is 2.22. The summed E-state index contributed by atoms with van der Waals surface area (Å²) in [5, 5.41) is 10.9. The van der Waals surface area contributed by atoms with E-state index in [2.05, 4.69) is 4.74 Å². The molecule has 0 heterocycles. The molecule has 0 fully saturated rings. The van der Waals surface area contributed by atoms with Crippen LogP contribution in [0.25, 0.3) is 0 Å². The van der Waals surface area contributed by atoms with Crippen LogP contribution >= 0.6 is 0 Å². The van der Waals surface area contributed by atoms with Crippen molar-refractivity contribution in [3.8, 4) is 5.75 Å². The van der Waals surface area contributed by atoms with Crippen molar-refractivity contribution in [1.29, 1.82) is 0 Å². The number of methoxy groups -OCH3 is 2. The maximum Gasteiger partial charge on any atom is 0.310 e. The monoisotopic (exact) mass is 240 g/mol. The van der Waals surface area contributed by atoms with Gasteiger partial charge in [0.25, 0.3) is 5.69 Å². The van der Waals surface area contributed by atoms with E-state index in [4.69, 9.17) is 10.5 Å². The lowest BCUT2D eigenvalue weighted by Crippen LogP contribution is -2.10. The van der Waals surface area contributed by atoms with E-state index in [0.717, 1.165) is 0 Å². The van der Waals surface area contributed by atoms with Crippen molar-refractivity contribution in [2.75, 3.05) is 20.0 Å². The molecule has 2 N–H and O–H groups in total. The molecule has 0 aliphatic carbocycles. The zero-order chi connectivity index (χ0) is 13.0. The van der Waals surface area contributed by atoms with Gasteiger partial charge >= 0.3 is 5.97 Å². The summed E-state index contributed by atoms with van der Waals surface area (Å²) in [6, 6.07) is 2.83. The summed E-state index contributed by atoms with van der Waals surface area (Å²) in [6.45, 7) is 0. The maximum atomic E-state index is 11.2. The van der Waals surface area contributed by atoms with Gasteiger partial charge < -0.3 is 15.2 Å². The van der Waals surface area contributed by atoms with Crippen molar-refractivity contribution in [2.45, 2.75) is 6.42 Å². The Labute approximate surface area is 97.3 Å². The van der Waals surface area contributed by atoms with Crippen LogP contribution < -0.4 is 10.5 Å². The Morgan fingerprint density at radius 2 is 2.12 bits per heavy atom. The lowest BCUT2D eigenvalue weighted by atomic mass is 10.1. The average molecular weight is 240 g/mol. The van der Waals surface area contributed by atoms with Crippen molar-refractivity contribution >= 4 is 17.3 Å². The van der Waals surface area contributed by atoms with Crippen LogP contribution in [0.2, 0.25) is 0 Å². The molecule has 7 nitrogen and oxygen atoms in total. The topological polar surface area (TPSA) is 105 Å². The molecule has 1 aromatic carbocycles. The van der Waals surface area contributed by atoms with Gasteiger partial charge in [0.1, 0.15) is 11.4 Å². The molecule has 1 rings (SSSR count). The molecule has 1 aromatic rings. The molecular weight excluding hydrogens is 228 g/mol. The first-order valence-corrected chi connectivity index (χ1v) is 4.67. The third kappa shape index (κ3) is 2.63. The number of hydrogen-bond donors (Lipinski definition) is 1. The SMILES string of the molecule is COC(=O)Cc1c(OC)ccc(N)c1[N+](=O)[O-]. The first-order chi connectivity index (χ1) is 8.01. The number of nitro groups is 1. The Balaban J connectivity index is 3.34. The van der Waals surface area contributed by atoms with E-state index < -0.39 is 10.9 Å². The molecule has 0 saturated heterocycles. The van der Waals surface area contributed by atoms with Crippen molar-refractivity contribution in [1.82, 2.24) is 0 Å². The Morgan fingerprint density at radius 1 is 1.47 bits per heavy atom. The number of rotatable bonds is 4. The summed E-state index contributed by atoms with van der Waals surface area (Å²) in [7, 11) is 2.56. The summed E-state index contributed by atoms with van der Waals surface area (Å²) >= 11 is 0. The van der Waals surface area contributed by atoms with Gasteiger partial charge in [-0.25, -0.2) is 0 Å². The first kappa shape index (κ1) is 12.8. The highest BCUT2D eigenvalue weighted by Gasteiger charge is 2.24. The summed E-state index contributed by atoms with van der Waals surface area (Å²) < 4.78 is 9.44. The molecule has 0 unspecified atom stereocenters. The summed E-state index contributed by atoms with van der Waals surface area (Å²) in [5.74, 6) is -0.367. The first-order valence-electron chi connectivity index (χ1n) is 4.67. The molecule has 0 aromatic heterocycles. The number of nitrogen functional groups attached to an aromatic ring is 1. The summed E-state index contributed by atoms with van der Waals surface area (Å²) in [6.07, 6.45) is -0.263. The summed E-state index contributed by atoms with van der Waals surface area (Å²) in [4.78, 5) is 21.5. The molecule has 7 heteroatoms. The quantitative estimate of drug-likeness (QED) is 0.363. The minimum Gasteiger partial charge on any atom is -0.496 e. The number of benzene rings is 1. The predicted molar refractivity (Wildman–Crippen MR) is 59.8 cm³/mol. The second kappa shape index (κ2) is 5.15. The smallest absolute Gasteiger partial charge is 0.310 e. The Bertz CT molecular complexity index is 458. The van der Waals surface area contributed by atoms with Crippen LogP contribution in [-0.4, -0.2) is 25.1 Å². The average Bonchev–Trinajstić information content (AvgIpc) is 2.28. The van der Waals surface area contributed by atoms with Crippen molar-refractivity contribution < 1.29 is 19.2 Å². The minimum atomic E-state index is -0.643. The van der Waals surface area contributed by atoms with E-state index in [0.29, 0.717) is 0 Å². The zero-order valence-electron chi connectivity index (χ0n) is 9.43. The van der Waals surface area contributed by atoms with Crippen LogP contribution in [0.3, 0.4) is 0 Å². The number of esters is 1. The van der Waals surface area contributed by atoms with Crippen LogP contribution in [-0.2, 0) is 16.0 Å². The van der Waals surface area contributed by atoms with Crippen molar-refractivity contribution in [3.63, 3.8) is 0 Å². The van der Waals surface area contributed by atoms with Crippen LogP contribution in [0.15, 0.2) is 12.1 Å². The lowest BCUT2D eigenvalue weighted by molar-refractivity contribution is -0.384. The van der Waals surface area contributed by atoms with E-state index in [1.54, 1.807) is 0 Å². The van der Waals surface area contributed by atoms with Gasteiger partial charge in [-0.1, -0.05) is 0 Å². The molecule has 0 radical (unpaired) electrons. The second-order valence-electron chi connectivity index (χ2n) is 3.19. The Kier molecular flexibility index (Phi) is 3.86. The molecule has 0 spiro atoms.